The van der Waals surface area contributed by atoms with Crippen molar-refractivity contribution in [3.05, 3.63) is 54.8 Å². The molecule has 1 amide bonds. The number of rotatable bonds is 3. The second-order valence-electron chi connectivity index (χ2n) is 3.53. The van der Waals surface area contributed by atoms with E-state index in [-0.39, 0.29) is 11.0 Å². The summed E-state index contributed by atoms with van der Waals surface area (Å²) < 4.78 is 5.06. The van der Waals surface area contributed by atoms with E-state index in [0.29, 0.717) is 11.4 Å². The number of carbonyl (C=O) groups excluding carboxylic acids is 1. The topological polar surface area (TPSA) is 67.2 Å². The van der Waals surface area contributed by atoms with E-state index < -0.39 is 0 Å². The van der Waals surface area contributed by atoms with Crippen LogP contribution in [0.4, 0.5) is 5.69 Å². The molecule has 2 heterocycles. The third-order valence-corrected chi connectivity index (χ3v) is 2.30. The number of carbonyl (C=O) groups is 1. The lowest BCUT2D eigenvalue weighted by Crippen LogP contribution is -2.32. The summed E-state index contributed by atoms with van der Waals surface area (Å²) in [6.45, 7) is 0. The highest BCUT2D eigenvalue weighted by Gasteiger charge is 2.01. The van der Waals surface area contributed by atoms with Gasteiger partial charge in [-0.15, -0.1) is 0 Å². The molecule has 6 heteroatoms. The lowest BCUT2D eigenvalue weighted by atomic mass is 10.4. The van der Waals surface area contributed by atoms with Crippen molar-refractivity contribution in [1.29, 1.82) is 0 Å². The summed E-state index contributed by atoms with van der Waals surface area (Å²) in [4.78, 5) is 15.5. The first kappa shape index (κ1) is 13.0. The predicted octanol–water partition coefficient (Wildman–Crippen LogP) is 2.20. The van der Waals surface area contributed by atoms with Gasteiger partial charge in [-0.05, 0) is 42.6 Å². The Kier molecular flexibility index (Phi) is 4.41. The van der Waals surface area contributed by atoms with Crippen LogP contribution in [-0.2, 0) is 4.79 Å². The summed E-state index contributed by atoms with van der Waals surface area (Å²) in [5, 5.41) is 5.57. The lowest BCUT2D eigenvalue weighted by Gasteiger charge is -2.06. The molecule has 0 bridgehead atoms. The molecule has 19 heavy (non-hydrogen) atoms. The number of thiocarbonyl (C=S) groups is 1. The van der Waals surface area contributed by atoms with Crippen molar-refractivity contribution in [3.63, 3.8) is 0 Å². The summed E-state index contributed by atoms with van der Waals surface area (Å²) in [5.41, 5.74) is 0.711. The molecule has 0 spiro atoms. The van der Waals surface area contributed by atoms with Gasteiger partial charge in [0.25, 0.3) is 0 Å². The van der Waals surface area contributed by atoms with Gasteiger partial charge < -0.3 is 9.73 Å². The van der Waals surface area contributed by atoms with Gasteiger partial charge in [0, 0.05) is 12.3 Å². The van der Waals surface area contributed by atoms with E-state index in [2.05, 4.69) is 15.6 Å². The molecule has 0 aliphatic rings. The molecule has 96 valence electrons. The second kappa shape index (κ2) is 6.46. The van der Waals surface area contributed by atoms with E-state index >= 15 is 0 Å². The van der Waals surface area contributed by atoms with Crippen LogP contribution < -0.4 is 10.6 Å². The summed E-state index contributed by atoms with van der Waals surface area (Å²) in [5.74, 6) is 0.263. The molecule has 2 aromatic rings. The molecule has 0 atom stereocenters. The summed E-state index contributed by atoms with van der Waals surface area (Å²) in [6, 6.07) is 7.05. The van der Waals surface area contributed by atoms with E-state index in [1.54, 1.807) is 42.7 Å². The van der Waals surface area contributed by atoms with Crippen LogP contribution in [0.25, 0.3) is 6.08 Å². The highest BCUT2D eigenvalue weighted by molar-refractivity contribution is 7.80. The third kappa shape index (κ3) is 4.36. The monoisotopic (exact) mass is 273 g/mol. The van der Waals surface area contributed by atoms with Crippen LogP contribution in [0.1, 0.15) is 5.76 Å². The predicted molar refractivity (Wildman–Crippen MR) is 76.3 cm³/mol. The van der Waals surface area contributed by atoms with Crippen LogP contribution in [0.2, 0.25) is 0 Å². The molecular formula is C13H11N3O2S. The van der Waals surface area contributed by atoms with E-state index in [9.17, 15) is 4.79 Å². The van der Waals surface area contributed by atoms with E-state index in [1.165, 1.54) is 12.3 Å². The maximum atomic E-state index is 11.6. The van der Waals surface area contributed by atoms with Crippen LogP contribution in [0, 0.1) is 0 Å². The highest BCUT2D eigenvalue weighted by atomic mass is 32.1. The fourth-order valence-electron chi connectivity index (χ4n) is 1.30. The van der Waals surface area contributed by atoms with Crippen LogP contribution in [0.3, 0.4) is 0 Å². The average molecular weight is 273 g/mol. The van der Waals surface area contributed by atoms with Crippen molar-refractivity contribution >= 4 is 35.0 Å². The Labute approximate surface area is 115 Å². The van der Waals surface area contributed by atoms with E-state index in [1.807, 2.05) is 0 Å². The van der Waals surface area contributed by atoms with Crippen molar-refractivity contribution in [2.75, 3.05) is 5.32 Å². The van der Waals surface area contributed by atoms with Gasteiger partial charge in [-0.3, -0.25) is 15.1 Å². The number of nitrogens with one attached hydrogen (secondary N) is 2. The summed E-state index contributed by atoms with van der Waals surface area (Å²) in [6.07, 6.45) is 7.69. The van der Waals surface area contributed by atoms with Gasteiger partial charge in [0.15, 0.2) is 5.11 Å². The van der Waals surface area contributed by atoms with Gasteiger partial charge in [0.2, 0.25) is 5.91 Å². The van der Waals surface area contributed by atoms with Gasteiger partial charge in [0.05, 0.1) is 18.1 Å². The Morgan fingerprint density at radius 3 is 2.95 bits per heavy atom. The minimum absolute atomic E-state index is 0.210. The maximum Gasteiger partial charge on any atom is 0.250 e. The van der Waals surface area contributed by atoms with Crippen LogP contribution >= 0.6 is 12.2 Å². The number of hydrogen-bond donors (Lipinski definition) is 2. The average Bonchev–Trinajstić information content (AvgIpc) is 2.90. The van der Waals surface area contributed by atoms with Crippen LogP contribution in [0.5, 0.6) is 0 Å². The molecular weight excluding hydrogens is 262 g/mol. The smallest absolute Gasteiger partial charge is 0.250 e. The zero-order valence-corrected chi connectivity index (χ0v) is 10.7. The Morgan fingerprint density at radius 1 is 1.37 bits per heavy atom. The van der Waals surface area contributed by atoms with E-state index in [0.717, 1.165) is 0 Å². The molecule has 5 nitrogen and oxygen atoms in total. The molecule has 2 rings (SSSR count). The van der Waals surface area contributed by atoms with Crippen molar-refractivity contribution in [2.24, 2.45) is 0 Å². The molecule has 2 aromatic heterocycles. The van der Waals surface area contributed by atoms with Gasteiger partial charge in [-0.1, -0.05) is 0 Å². The normalized spacial score (nSPS) is 10.3. The minimum Gasteiger partial charge on any atom is -0.465 e. The van der Waals surface area contributed by atoms with Crippen molar-refractivity contribution in [2.45, 2.75) is 0 Å². The maximum absolute atomic E-state index is 11.6. The Balaban J connectivity index is 1.84. The number of hydrogen-bond acceptors (Lipinski definition) is 4. The summed E-state index contributed by atoms with van der Waals surface area (Å²) >= 11 is 5.00. The molecule has 2 N–H and O–H groups in total. The first-order valence-electron chi connectivity index (χ1n) is 5.47. The van der Waals surface area contributed by atoms with Crippen LogP contribution in [0.15, 0.2) is 53.4 Å². The molecule has 0 saturated heterocycles. The Hall–Kier alpha value is -2.47. The zero-order chi connectivity index (χ0) is 13.5. The largest absolute Gasteiger partial charge is 0.465 e. The minimum atomic E-state index is -0.335. The fourth-order valence-corrected chi connectivity index (χ4v) is 1.51. The molecule has 0 aliphatic heterocycles. The lowest BCUT2D eigenvalue weighted by molar-refractivity contribution is -0.115. The van der Waals surface area contributed by atoms with Gasteiger partial charge in [-0.2, -0.15) is 0 Å². The summed E-state index contributed by atoms with van der Waals surface area (Å²) in [7, 11) is 0. The van der Waals surface area contributed by atoms with Gasteiger partial charge in [0.1, 0.15) is 5.76 Å². The number of amides is 1. The highest BCUT2D eigenvalue weighted by Crippen LogP contribution is 2.03. The van der Waals surface area contributed by atoms with Crippen molar-refractivity contribution in [3.8, 4) is 0 Å². The first-order chi connectivity index (χ1) is 9.24. The van der Waals surface area contributed by atoms with E-state index in [4.69, 9.17) is 16.6 Å². The number of nitrogens with zero attached hydrogens (tertiary/aromatic N) is 1. The molecule has 0 aromatic carbocycles. The number of aromatic nitrogens is 1. The molecule has 0 fully saturated rings. The third-order valence-electron chi connectivity index (χ3n) is 2.10. The van der Waals surface area contributed by atoms with Gasteiger partial charge >= 0.3 is 0 Å². The molecule has 0 unspecified atom stereocenters. The molecule has 0 aliphatic carbocycles. The SMILES string of the molecule is O=C(C=Cc1ccco1)NC(=S)Nc1cccnc1. The fraction of sp³-hybridized carbons (Fsp3) is 0. The Morgan fingerprint density at radius 2 is 2.26 bits per heavy atom. The number of pyridine rings is 1. The second-order valence-corrected chi connectivity index (χ2v) is 3.94. The number of furan rings is 1. The quantitative estimate of drug-likeness (QED) is 0.663. The molecule has 0 saturated carbocycles. The molecule has 0 radical (unpaired) electrons. The first-order valence-corrected chi connectivity index (χ1v) is 5.88. The van der Waals surface area contributed by atoms with Gasteiger partial charge in [-0.25, -0.2) is 0 Å². The zero-order valence-electron chi connectivity index (χ0n) is 9.87. The van der Waals surface area contributed by atoms with Crippen molar-refractivity contribution < 1.29 is 9.21 Å². The number of anilines is 1. The standard InChI is InChI=1S/C13H11N3O2S/c17-12(6-5-11-4-2-8-18-11)16-13(19)15-10-3-1-7-14-9-10/h1-9H,(H2,15,16,17,19). The Bertz CT molecular complexity index is 579. The van der Waals surface area contributed by atoms with Crippen molar-refractivity contribution in [1.82, 2.24) is 10.3 Å². The van der Waals surface area contributed by atoms with Crippen LogP contribution in [-0.4, -0.2) is 16.0 Å².